The van der Waals surface area contributed by atoms with Crippen molar-refractivity contribution in [3.05, 3.63) is 0 Å². The van der Waals surface area contributed by atoms with E-state index in [1.807, 2.05) is 14.1 Å². The van der Waals surface area contributed by atoms with Gasteiger partial charge in [0.15, 0.2) is 6.29 Å². The van der Waals surface area contributed by atoms with Crippen LogP contribution in [0.5, 0.6) is 0 Å². The predicted molar refractivity (Wildman–Crippen MR) is 34.2 cm³/mol. The Balaban J connectivity index is 2.11. The molecule has 0 aromatic heterocycles. The van der Waals surface area contributed by atoms with Crippen molar-refractivity contribution < 1.29 is 9.47 Å². The van der Waals surface area contributed by atoms with E-state index in [1.165, 1.54) is 0 Å². The summed E-state index contributed by atoms with van der Waals surface area (Å²) in [5, 5.41) is 0. The predicted octanol–water partition coefficient (Wildman–Crippen LogP) is -0.0791. The van der Waals surface area contributed by atoms with Gasteiger partial charge in [0.2, 0.25) is 0 Å². The summed E-state index contributed by atoms with van der Waals surface area (Å²) in [6.07, 6.45) is 0.0139. The van der Waals surface area contributed by atoms with Gasteiger partial charge in [-0.1, -0.05) is 0 Å². The molecule has 0 amide bonds. The maximum Gasteiger partial charge on any atom is 0.170 e. The number of hydrogen-bond acceptors (Lipinski definition) is 3. The molecule has 0 aromatic carbocycles. The minimum atomic E-state index is 0.0139. The highest BCUT2D eigenvalue weighted by Gasteiger charge is 2.15. The fraction of sp³-hybridized carbons (Fsp3) is 1.00. The summed E-state index contributed by atoms with van der Waals surface area (Å²) < 4.78 is 10.4. The molecule has 1 aliphatic rings. The van der Waals surface area contributed by atoms with Gasteiger partial charge in [-0.05, 0) is 14.1 Å². The van der Waals surface area contributed by atoms with Crippen molar-refractivity contribution in [2.24, 2.45) is 0 Å². The van der Waals surface area contributed by atoms with Crippen LogP contribution in [-0.4, -0.2) is 45.0 Å². The maximum absolute atomic E-state index is 5.20. The third kappa shape index (κ3) is 2.30. The first-order chi connectivity index (χ1) is 4.29. The molecule has 0 radical (unpaired) electrons. The summed E-state index contributed by atoms with van der Waals surface area (Å²) in [5.41, 5.74) is 0. The van der Waals surface area contributed by atoms with Gasteiger partial charge in [-0.3, -0.25) is 0 Å². The van der Waals surface area contributed by atoms with Crippen molar-refractivity contribution in [2.75, 3.05) is 33.9 Å². The van der Waals surface area contributed by atoms with Gasteiger partial charge in [0.25, 0.3) is 0 Å². The molecule has 0 bridgehead atoms. The van der Waals surface area contributed by atoms with Crippen LogP contribution in [0.3, 0.4) is 0 Å². The molecule has 9 heavy (non-hydrogen) atoms. The Morgan fingerprint density at radius 1 is 1.33 bits per heavy atom. The van der Waals surface area contributed by atoms with Crippen molar-refractivity contribution in [3.63, 3.8) is 0 Å². The van der Waals surface area contributed by atoms with Crippen LogP contribution in [0.2, 0.25) is 0 Å². The molecule has 0 N–H and O–H groups in total. The molecule has 0 atom stereocenters. The summed E-state index contributed by atoms with van der Waals surface area (Å²) in [6.45, 7) is 2.36. The fourth-order valence-electron chi connectivity index (χ4n) is 0.811. The third-order valence-corrected chi connectivity index (χ3v) is 1.21. The molecule has 0 unspecified atom stereocenters. The zero-order valence-electron chi connectivity index (χ0n) is 5.96. The highest BCUT2D eigenvalue weighted by Crippen LogP contribution is 2.03. The normalized spacial score (nSPS) is 21.7. The standard InChI is InChI=1S/C6H13NO2/c1-7(2)5-6-8-3-4-9-6/h6H,3-5H2,1-2H3. The van der Waals surface area contributed by atoms with E-state index in [1.54, 1.807) is 0 Å². The minimum Gasteiger partial charge on any atom is -0.349 e. The molecule has 0 spiro atoms. The van der Waals surface area contributed by atoms with Gasteiger partial charge >= 0.3 is 0 Å². The van der Waals surface area contributed by atoms with Gasteiger partial charge in [0.05, 0.1) is 13.2 Å². The van der Waals surface area contributed by atoms with E-state index in [4.69, 9.17) is 9.47 Å². The van der Waals surface area contributed by atoms with Crippen LogP contribution in [0.1, 0.15) is 0 Å². The van der Waals surface area contributed by atoms with E-state index >= 15 is 0 Å². The molecular formula is C6H13NO2. The van der Waals surface area contributed by atoms with E-state index in [2.05, 4.69) is 4.90 Å². The lowest BCUT2D eigenvalue weighted by molar-refractivity contribution is -0.0547. The second kappa shape index (κ2) is 3.15. The Labute approximate surface area is 55.5 Å². The topological polar surface area (TPSA) is 21.7 Å². The summed E-state index contributed by atoms with van der Waals surface area (Å²) >= 11 is 0. The Morgan fingerprint density at radius 2 is 1.89 bits per heavy atom. The number of rotatable bonds is 2. The number of nitrogens with zero attached hydrogens (tertiary/aromatic N) is 1. The second-order valence-electron chi connectivity index (χ2n) is 2.43. The average molecular weight is 131 g/mol. The molecule has 1 fully saturated rings. The highest BCUT2D eigenvalue weighted by molar-refractivity contribution is 4.54. The number of likely N-dealkylation sites (N-methyl/N-ethyl adjacent to an activating group) is 1. The van der Waals surface area contributed by atoms with Gasteiger partial charge in [-0.15, -0.1) is 0 Å². The van der Waals surface area contributed by atoms with Crippen LogP contribution in [0, 0.1) is 0 Å². The quantitative estimate of drug-likeness (QED) is 0.523. The van der Waals surface area contributed by atoms with Gasteiger partial charge < -0.3 is 14.4 Å². The highest BCUT2D eigenvalue weighted by atomic mass is 16.7. The van der Waals surface area contributed by atoms with Crippen molar-refractivity contribution >= 4 is 0 Å². The molecule has 54 valence electrons. The Kier molecular flexibility index (Phi) is 2.45. The van der Waals surface area contributed by atoms with Gasteiger partial charge in [0, 0.05) is 6.54 Å². The average Bonchev–Trinajstić information content (AvgIpc) is 2.15. The van der Waals surface area contributed by atoms with Crippen LogP contribution in [-0.2, 0) is 9.47 Å². The smallest absolute Gasteiger partial charge is 0.170 e. The van der Waals surface area contributed by atoms with Crippen LogP contribution in [0.25, 0.3) is 0 Å². The molecule has 0 saturated carbocycles. The van der Waals surface area contributed by atoms with E-state index in [-0.39, 0.29) is 6.29 Å². The molecule has 1 rings (SSSR count). The van der Waals surface area contributed by atoms with Gasteiger partial charge in [0.1, 0.15) is 0 Å². The van der Waals surface area contributed by atoms with Crippen LogP contribution >= 0.6 is 0 Å². The summed E-state index contributed by atoms with van der Waals surface area (Å²) in [7, 11) is 4.01. The number of hydrogen-bond donors (Lipinski definition) is 0. The van der Waals surface area contributed by atoms with Crippen molar-refractivity contribution in [1.29, 1.82) is 0 Å². The first-order valence-electron chi connectivity index (χ1n) is 3.17. The third-order valence-electron chi connectivity index (χ3n) is 1.21. The molecule has 3 heteroatoms. The molecule has 1 heterocycles. The lowest BCUT2D eigenvalue weighted by Gasteiger charge is -2.13. The van der Waals surface area contributed by atoms with E-state index in [9.17, 15) is 0 Å². The SMILES string of the molecule is CN(C)CC1OCCO1. The van der Waals surface area contributed by atoms with E-state index in [0.717, 1.165) is 19.8 Å². The number of ether oxygens (including phenoxy) is 2. The van der Waals surface area contributed by atoms with Crippen molar-refractivity contribution in [1.82, 2.24) is 4.90 Å². The van der Waals surface area contributed by atoms with Crippen molar-refractivity contribution in [3.8, 4) is 0 Å². The molecule has 0 aliphatic carbocycles. The Bertz CT molecular complexity index is 79.1. The Morgan fingerprint density at radius 3 is 2.33 bits per heavy atom. The van der Waals surface area contributed by atoms with Crippen molar-refractivity contribution in [2.45, 2.75) is 6.29 Å². The Hall–Kier alpha value is -0.120. The van der Waals surface area contributed by atoms with Gasteiger partial charge in [-0.2, -0.15) is 0 Å². The first-order valence-corrected chi connectivity index (χ1v) is 3.17. The lowest BCUT2D eigenvalue weighted by Crippen LogP contribution is -2.26. The largest absolute Gasteiger partial charge is 0.349 e. The molecular weight excluding hydrogens is 118 g/mol. The summed E-state index contributed by atoms with van der Waals surface area (Å²) in [6, 6.07) is 0. The first kappa shape index (κ1) is 6.99. The fourth-order valence-corrected chi connectivity index (χ4v) is 0.811. The molecule has 1 saturated heterocycles. The lowest BCUT2D eigenvalue weighted by atomic mass is 10.6. The second-order valence-corrected chi connectivity index (χ2v) is 2.43. The van der Waals surface area contributed by atoms with Gasteiger partial charge in [-0.25, -0.2) is 0 Å². The summed E-state index contributed by atoms with van der Waals surface area (Å²) in [4.78, 5) is 2.05. The zero-order valence-corrected chi connectivity index (χ0v) is 5.96. The van der Waals surface area contributed by atoms with Crippen LogP contribution < -0.4 is 0 Å². The van der Waals surface area contributed by atoms with E-state index < -0.39 is 0 Å². The summed E-state index contributed by atoms with van der Waals surface area (Å²) in [5.74, 6) is 0. The van der Waals surface area contributed by atoms with Crippen LogP contribution in [0.15, 0.2) is 0 Å². The van der Waals surface area contributed by atoms with E-state index in [0.29, 0.717) is 0 Å². The molecule has 0 aromatic rings. The zero-order chi connectivity index (χ0) is 6.69. The molecule has 3 nitrogen and oxygen atoms in total. The maximum atomic E-state index is 5.20. The monoisotopic (exact) mass is 131 g/mol. The minimum absolute atomic E-state index is 0.0139. The molecule has 1 aliphatic heterocycles. The van der Waals surface area contributed by atoms with Crippen LogP contribution in [0.4, 0.5) is 0 Å².